The summed E-state index contributed by atoms with van der Waals surface area (Å²) < 4.78 is 10.7. The molecule has 0 radical (unpaired) electrons. The number of carbonyl (C=O) groups is 2. The molecule has 0 unspecified atom stereocenters. The Bertz CT molecular complexity index is 870. The van der Waals surface area contributed by atoms with Crippen molar-refractivity contribution in [1.29, 1.82) is 0 Å². The van der Waals surface area contributed by atoms with E-state index in [1.165, 1.54) is 19.1 Å². The van der Waals surface area contributed by atoms with Gasteiger partial charge >= 0.3 is 11.6 Å². The summed E-state index contributed by atoms with van der Waals surface area (Å²) in [5, 5.41) is 12.5. The zero-order valence-corrected chi connectivity index (χ0v) is 15.2. The van der Waals surface area contributed by atoms with Crippen LogP contribution in [-0.2, 0) is 9.59 Å². The van der Waals surface area contributed by atoms with Gasteiger partial charge in [0.15, 0.2) is 6.10 Å². The summed E-state index contributed by atoms with van der Waals surface area (Å²) in [5.41, 5.74) is 0.686. The van der Waals surface area contributed by atoms with E-state index in [-0.39, 0.29) is 5.92 Å². The Labute approximate surface area is 151 Å². The number of amides is 1. The first-order valence-electron chi connectivity index (χ1n) is 8.41. The number of carboxylic acid groups (broad SMARTS) is 1. The Kier molecular flexibility index (Phi) is 6.02. The van der Waals surface area contributed by atoms with Gasteiger partial charge in [0, 0.05) is 17.5 Å². The maximum absolute atomic E-state index is 12.2. The van der Waals surface area contributed by atoms with Gasteiger partial charge in [0.2, 0.25) is 0 Å². The third-order valence-electron chi connectivity index (χ3n) is 3.93. The molecular formula is C19H23NO6. The minimum absolute atomic E-state index is 0.124. The summed E-state index contributed by atoms with van der Waals surface area (Å²) in [6.45, 7) is 7.09. The molecule has 0 aliphatic heterocycles. The Morgan fingerprint density at radius 1 is 1.23 bits per heavy atom. The third kappa shape index (κ3) is 4.84. The topological polar surface area (TPSA) is 106 Å². The zero-order valence-electron chi connectivity index (χ0n) is 15.2. The van der Waals surface area contributed by atoms with Crippen molar-refractivity contribution in [2.45, 2.75) is 46.3 Å². The van der Waals surface area contributed by atoms with E-state index in [0.29, 0.717) is 17.8 Å². The maximum Gasteiger partial charge on any atom is 0.336 e. The molecule has 0 fully saturated rings. The molecule has 1 aromatic heterocycles. The number of hydrogen-bond acceptors (Lipinski definition) is 5. The monoisotopic (exact) mass is 361 g/mol. The number of aliphatic carboxylic acids is 1. The fourth-order valence-electron chi connectivity index (χ4n) is 2.62. The van der Waals surface area contributed by atoms with E-state index in [0.717, 1.165) is 10.9 Å². The molecule has 140 valence electrons. The number of carbonyl (C=O) groups excluding carboxylic acids is 1. The van der Waals surface area contributed by atoms with Crippen LogP contribution in [-0.4, -0.2) is 29.1 Å². The van der Waals surface area contributed by atoms with Gasteiger partial charge in [0.1, 0.15) is 17.4 Å². The highest BCUT2D eigenvalue weighted by molar-refractivity contribution is 5.86. The van der Waals surface area contributed by atoms with Crippen LogP contribution in [0.1, 0.15) is 32.8 Å². The quantitative estimate of drug-likeness (QED) is 0.734. The van der Waals surface area contributed by atoms with E-state index in [1.54, 1.807) is 19.1 Å². The molecule has 0 aliphatic rings. The Balaban J connectivity index is 2.12. The third-order valence-corrected chi connectivity index (χ3v) is 3.93. The summed E-state index contributed by atoms with van der Waals surface area (Å²) in [6.07, 6.45) is -0.577. The molecule has 2 N–H and O–H groups in total. The highest BCUT2D eigenvalue weighted by atomic mass is 16.5. The van der Waals surface area contributed by atoms with Crippen LogP contribution in [0.15, 0.2) is 33.5 Å². The van der Waals surface area contributed by atoms with Crippen molar-refractivity contribution < 1.29 is 23.8 Å². The Morgan fingerprint density at radius 2 is 1.92 bits per heavy atom. The predicted octanol–water partition coefficient (Wildman–Crippen LogP) is 2.48. The number of fused-ring (bicyclic) bond motifs is 1. The lowest BCUT2D eigenvalue weighted by Gasteiger charge is -2.20. The number of hydrogen-bond donors (Lipinski definition) is 2. The van der Waals surface area contributed by atoms with Crippen molar-refractivity contribution in [3.05, 3.63) is 40.2 Å². The highest BCUT2D eigenvalue weighted by Crippen LogP contribution is 2.23. The lowest BCUT2D eigenvalue weighted by atomic mass is 10.0. The number of benzene rings is 1. The van der Waals surface area contributed by atoms with Gasteiger partial charge in [-0.2, -0.15) is 0 Å². The molecule has 0 saturated heterocycles. The summed E-state index contributed by atoms with van der Waals surface area (Å²) in [5.74, 6) is -1.13. The first-order chi connectivity index (χ1) is 12.2. The Morgan fingerprint density at radius 3 is 2.54 bits per heavy atom. The van der Waals surface area contributed by atoms with Gasteiger partial charge in [0.25, 0.3) is 5.91 Å². The van der Waals surface area contributed by atoms with Gasteiger partial charge in [-0.25, -0.2) is 9.59 Å². The maximum atomic E-state index is 12.2. The van der Waals surface area contributed by atoms with Crippen LogP contribution in [0.3, 0.4) is 0 Å². The number of ether oxygens (including phenoxy) is 1. The molecule has 1 amide bonds. The smallest absolute Gasteiger partial charge is 0.336 e. The number of rotatable bonds is 7. The summed E-state index contributed by atoms with van der Waals surface area (Å²) in [6, 6.07) is 5.38. The summed E-state index contributed by atoms with van der Waals surface area (Å²) >= 11 is 0. The molecule has 1 heterocycles. The number of carboxylic acids is 1. The Hall–Kier alpha value is -2.83. The van der Waals surface area contributed by atoms with E-state index in [4.69, 9.17) is 9.15 Å². The fraction of sp³-hybridized carbons (Fsp3) is 0.421. The van der Waals surface area contributed by atoms with Crippen molar-refractivity contribution >= 4 is 22.8 Å². The molecule has 7 heteroatoms. The van der Waals surface area contributed by atoms with Crippen molar-refractivity contribution in [2.24, 2.45) is 5.92 Å². The number of nitrogens with one attached hydrogen (secondary N) is 1. The van der Waals surface area contributed by atoms with Crippen LogP contribution in [0.4, 0.5) is 0 Å². The van der Waals surface area contributed by atoms with Gasteiger partial charge in [-0.1, -0.05) is 13.8 Å². The molecule has 2 atom stereocenters. The SMILES string of the molecule is Cc1cc(=O)oc2cc(O[C@@H](C)C(=O)N[C@H](CC(C)C)C(=O)O)ccc12. The first-order valence-corrected chi connectivity index (χ1v) is 8.41. The van der Waals surface area contributed by atoms with Gasteiger partial charge in [-0.3, -0.25) is 4.79 Å². The second-order valence-corrected chi connectivity index (χ2v) is 6.70. The minimum atomic E-state index is -1.08. The second-order valence-electron chi connectivity index (χ2n) is 6.70. The summed E-state index contributed by atoms with van der Waals surface area (Å²) in [7, 11) is 0. The molecule has 0 aliphatic carbocycles. The first kappa shape index (κ1) is 19.5. The lowest BCUT2D eigenvalue weighted by molar-refractivity contribution is -0.143. The van der Waals surface area contributed by atoms with Crippen LogP contribution >= 0.6 is 0 Å². The fourth-order valence-corrected chi connectivity index (χ4v) is 2.62. The van der Waals surface area contributed by atoms with E-state index in [2.05, 4.69) is 5.32 Å². The highest BCUT2D eigenvalue weighted by Gasteiger charge is 2.24. The van der Waals surface area contributed by atoms with Crippen LogP contribution in [0.25, 0.3) is 11.0 Å². The van der Waals surface area contributed by atoms with Crippen molar-refractivity contribution in [1.82, 2.24) is 5.32 Å². The molecule has 2 aromatic rings. The van der Waals surface area contributed by atoms with Crippen molar-refractivity contribution in [2.75, 3.05) is 0 Å². The predicted molar refractivity (Wildman–Crippen MR) is 96.3 cm³/mol. The largest absolute Gasteiger partial charge is 0.481 e. The summed E-state index contributed by atoms with van der Waals surface area (Å²) in [4.78, 5) is 35.0. The van der Waals surface area contributed by atoms with E-state index >= 15 is 0 Å². The standard InChI is InChI=1S/C19H23NO6/c1-10(2)7-15(19(23)24)20-18(22)12(4)25-13-5-6-14-11(3)8-17(21)26-16(14)9-13/h5-6,8-10,12,15H,7H2,1-4H3,(H,20,22)(H,23,24)/t12-,15+/m0/s1. The van der Waals surface area contributed by atoms with Gasteiger partial charge < -0.3 is 19.6 Å². The van der Waals surface area contributed by atoms with Crippen LogP contribution < -0.4 is 15.7 Å². The van der Waals surface area contributed by atoms with Crippen LogP contribution in [0.2, 0.25) is 0 Å². The molecule has 0 bridgehead atoms. The molecule has 2 rings (SSSR count). The zero-order chi connectivity index (χ0) is 19.4. The molecule has 0 saturated carbocycles. The van der Waals surface area contributed by atoms with Crippen LogP contribution in [0, 0.1) is 12.8 Å². The molecule has 0 spiro atoms. The van der Waals surface area contributed by atoms with E-state index in [9.17, 15) is 19.5 Å². The number of aryl methyl sites for hydroxylation is 1. The molecule has 7 nitrogen and oxygen atoms in total. The van der Waals surface area contributed by atoms with E-state index < -0.39 is 29.6 Å². The van der Waals surface area contributed by atoms with Crippen molar-refractivity contribution in [3.8, 4) is 5.75 Å². The van der Waals surface area contributed by atoms with Gasteiger partial charge in [-0.05, 0) is 43.9 Å². The second kappa shape index (κ2) is 8.03. The van der Waals surface area contributed by atoms with Gasteiger partial charge in [-0.15, -0.1) is 0 Å². The van der Waals surface area contributed by atoms with Crippen LogP contribution in [0.5, 0.6) is 5.75 Å². The average Bonchev–Trinajstić information content (AvgIpc) is 2.52. The molecular weight excluding hydrogens is 338 g/mol. The van der Waals surface area contributed by atoms with E-state index in [1.807, 2.05) is 13.8 Å². The molecule has 26 heavy (non-hydrogen) atoms. The minimum Gasteiger partial charge on any atom is -0.481 e. The van der Waals surface area contributed by atoms with Gasteiger partial charge in [0.05, 0.1) is 0 Å². The lowest BCUT2D eigenvalue weighted by Crippen LogP contribution is -2.46. The normalized spacial score (nSPS) is 13.4. The average molecular weight is 361 g/mol. The molecule has 1 aromatic carbocycles. The van der Waals surface area contributed by atoms with Crippen molar-refractivity contribution in [3.63, 3.8) is 0 Å².